The third kappa shape index (κ3) is 2.36. The van der Waals surface area contributed by atoms with Crippen molar-refractivity contribution in [3.63, 3.8) is 0 Å². The summed E-state index contributed by atoms with van der Waals surface area (Å²) in [6, 6.07) is 0. The Morgan fingerprint density at radius 1 is 0.833 bits per heavy atom. The van der Waals surface area contributed by atoms with Gasteiger partial charge in [0.05, 0.1) is 5.92 Å². The van der Waals surface area contributed by atoms with Gasteiger partial charge in [-0.3, -0.25) is 4.79 Å². The number of rotatable bonds is 1. The summed E-state index contributed by atoms with van der Waals surface area (Å²) in [5.41, 5.74) is 7.10. The minimum Gasteiger partial charge on any atom is -0.293 e. The van der Waals surface area contributed by atoms with Crippen LogP contribution in [0.1, 0.15) is 55.4 Å². The number of allylic oxidation sites excluding steroid dienone is 6. The summed E-state index contributed by atoms with van der Waals surface area (Å²) in [4.78, 5) is 12.7. The molecule has 1 rings (SSSR count). The quantitative estimate of drug-likeness (QED) is 0.604. The molecule has 0 aliphatic heterocycles. The second-order valence-corrected chi connectivity index (χ2v) is 6.25. The number of carbonyl (C=O) groups is 1. The van der Waals surface area contributed by atoms with Gasteiger partial charge in [0.2, 0.25) is 0 Å². The Labute approximate surface area is 112 Å². The fraction of sp³-hybridized carbons (Fsp3) is 0.588. The molecule has 100 valence electrons. The Morgan fingerprint density at radius 3 is 1.56 bits per heavy atom. The fourth-order valence-corrected chi connectivity index (χ4v) is 2.91. The molecular weight excluding hydrogens is 220 g/mol. The summed E-state index contributed by atoms with van der Waals surface area (Å²) in [7, 11) is 0. The minimum absolute atomic E-state index is 0.0461. The standard InChI is InChI=1S/C17H26O/c1-9(2)13-14(10(3)4)16(12(7)8)17(18)15(13)11(5)6/h11,15H,1-8H3. The Kier molecular flexibility index (Phi) is 4.37. The first kappa shape index (κ1) is 14.9. The zero-order valence-electron chi connectivity index (χ0n) is 13.1. The molecule has 0 aromatic rings. The fourth-order valence-electron chi connectivity index (χ4n) is 2.91. The van der Waals surface area contributed by atoms with Crippen LogP contribution in [0.25, 0.3) is 0 Å². The first-order valence-corrected chi connectivity index (χ1v) is 6.77. The Bertz CT molecular complexity index is 458. The highest BCUT2D eigenvalue weighted by molar-refractivity contribution is 6.10. The monoisotopic (exact) mass is 246 g/mol. The summed E-state index contributed by atoms with van der Waals surface area (Å²) in [6.45, 7) is 16.8. The van der Waals surface area contributed by atoms with E-state index in [9.17, 15) is 4.79 Å². The van der Waals surface area contributed by atoms with Crippen LogP contribution in [0.2, 0.25) is 0 Å². The molecule has 0 N–H and O–H groups in total. The molecule has 0 radical (unpaired) electrons. The molecule has 0 saturated heterocycles. The van der Waals surface area contributed by atoms with Crippen LogP contribution in [-0.4, -0.2) is 5.78 Å². The maximum absolute atomic E-state index is 12.7. The zero-order chi connectivity index (χ0) is 14.2. The van der Waals surface area contributed by atoms with Gasteiger partial charge in [-0.1, -0.05) is 30.6 Å². The highest BCUT2D eigenvalue weighted by Crippen LogP contribution is 2.45. The lowest BCUT2D eigenvalue weighted by molar-refractivity contribution is -0.118. The van der Waals surface area contributed by atoms with Crippen LogP contribution in [0.3, 0.4) is 0 Å². The van der Waals surface area contributed by atoms with Gasteiger partial charge in [0.25, 0.3) is 0 Å². The number of Topliss-reactive ketones (excluding diaryl/α,β-unsaturated/α-hetero) is 1. The lowest BCUT2D eigenvalue weighted by Gasteiger charge is -2.17. The Hall–Kier alpha value is -1.11. The summed E-state index contributed by atoms with van der Waals surface area (Å²) in [5, 5.41) is 0. The molecule has 18 heavy (non-hydrogen) atoms. The van der Waals surface area contributed by atoms with Crippen molar-refractivity contribution in [2.24, 2.45) is 11.8 Å². The lowest BCUT2D eigenvalue weighted by Crippen LogP contribution is -2.16. The van der Waals surface area contributed by atoms with E-state index in [-0.39, 0.29) is 5.92 Å². The summed E-state index contributed by atoms with van der Waals surface area (Å²) < 4.78 is 0. The number of hydrogen-bond acceptors (Lipinski definition) is 1. The van der Waals surface area contributed by atoms with Crippen LogP contribution >= 0.6 is 0 Å². The van der Waals surface area contributed by atoms with E-state index < -0.39 is 0 Å². The van der Waals surface area contributed by atoms with E-state index in [1.54, 1.807) is 0 Å². The summed E-state index contributed by atoms with van der Waals surface area (Å²) in [6.07, 6.45) is 0. The smallest absolute Gasteiger partial charge is 0.171 e. The highest BCUT2D eigenvalue weighted by Gasteiger charge is 2.40. The van der Waals surface area contributed by atoms with Crippen LogP contribution in [-0.2, 0) is 4.79 Å². The van der Waals surface area contributed by atoms with Gasteiger partial charge in [0.15, 0.2) is 5.78 Å². The van der Waals surface area contributed by atoms with Crippen molar-refractivity contribution in [1.82, 2.24) is 0 Å². The maximum Gasteiger partial charge on any atom is 0.171 e. The first-order valence-electron chi connectivity index (χ1n) is 6.77. The zero-order valence-corrected chi connectivity index (χ0v) is 13.1. The van der Waals surface area contributed by atoms with E-state index in [2.05, 4.69) is 41.5 Å². The molecule has 0 amide bonds. The predicted octanol–water partition coefficient (Wildman–Crippen LogP) is 4.85. The van der Waals surface area contributed by atoms with E-state index in [1.165, 1.54) is 22.3 Å². The number of hydrogen-bond donors (Lipinski definition) is 0. The van der Waals surface area contributed by atoms with Crippen LogP contribution in [0.4, 0.5) is 0 Å². The molecule has 1 unspecified atom stereocenters. The van der Waals surface area contributed by atoms with Gasteiger partial charge in [-0.15, -0.1) is 0 Å². The van der Waals surface area contributed by atoms with Gasteiger partial charge in [-0.2, -0.15) is 0 Å². The van der Waals surface area contributed by atoms with Crippen molar-refractivity contribution < 1.29 is 4.79 Å². The van der Waals surface area contributed by atoms with E-state index in [0.717, 1.165) is 11.1 Å². The van der Waals surface area contributed by atoms with Gasteiger partial charge in [-0.05, 0) is 58.6 Å². The average molecular weight is 246 g/mol. The lowest BCUT2D eigenvalue weighted by atomic mass is 9.86. The van der Waals surface area contributed by atoms with Gasteiger partial charge >= 0.3 is 0 Å². The second-order valence-electron chi connectivity index (χ2n) is 6.25. The molecule has 0 bridgehead atoms. The molecule has 0 spiro atoms. The van der Waals surface area contributed by atoms with Crippen LogP contribution in [0.5, 0.6) is 0 Å². The van der Waals surface area contributed by atoms with Crippen molar-refractivity contribution in [3.8, 4) is 0 Å². The van der Waals surface area contributed by atoms with Gasteiger partial charge in [0, 0.05) is 5.57 Å². The second kappa shape index (κ2) is 5.26. The van der Waals surface area contributed by atoms with E-state index in [0.29, 0.717) is 11.7 Å². The number of carbonyl (C=O) groups excluding carboxylic acids is 1. The molecule has 1 heteroatoms. The normalized spacial score (nSPS) is 19.9. The molecule has 1 aliphatic rings. The van der Waals surface area contributed by atoms with E-state index in [1.807, 2.05) is 13.8 Å². The SMILES string of the molecule is CC(C)=C1C(=O)C(C(C)C)C(=C(C)C)C1=C(C)C. The van der Waals surface area contributed by atoms with Gasteiger partial charge in [-0.25, -0.2) is 0 Å². The maximum atomic E-state index is 12.7. The Balaban J connectivity index is 3.69. The van der Waals surface area contributed by atoms with Gasteiger partial charge in [0.1, 0.15) is 0 Å². The molecule has 0 heterocycles. The molecule has 1 saturated carbocycles. The molecular formula is C17H26O. The first-order chi connectivity index (χ1) is 8.20. The molecule has 0 aromatic carbocycles. The molecule has 1 aliphatic carbocycles. The highest BCUT2D eigenvalue weighted by atomic mass is 16.1. The molecule has 0 aromatic heterocycles. The van der Waals surface area contributed by atoms with Crippen molar-refractivity contribution in [1.29, 1.82) is 0 Å². The average Bonchev–Trinajstić information content (AvgIpc) is 2.51. The van der Waals surface area contributed by atoms with Crippen molar-refractivity contribution >= 4 is 5.78 Å². The van der Waals surface area contributed by atoms with Crippen LogP contribution in [0, 0.1) is 11.8 Å². The van der Waals surface area contributed by atoms with E-state index in [4.69, 9.17) is 0 Å². The summed E-state index contributed by atoms with van der Waals surface area (Å²) in [5.74, 6) is 0.718. The van der Waals surface area contributed by atoms with Crippen molar-refractivity contribution in [2.75, 3.05) is 0 Å². The topological polar surface area (TPSA) is 17.1 Å². The molecule has 1 atom stereocenters. The summed E-state index contributed by atoms with van der Waals surface area (Å²) >= 11 is 0. The van der Waals surface area contributed by atoms with E-state index >= 15 is 0 Å². The third-order valence-corrected chi connectivity index (χ3v) is 3.56. The number of ketones is 1. The molecule has 1 fully saturated rings. The minimum atomic E-state index is 0.0461. The van der Waals surface area contributed by atoms with Crippen LogP contribution in [0.15, 0.2) is 33.4 Å². The van der Waals surface area contributed by atoms with Gasteiger partial charge < -0.3 is 0 Å². The predicted molar refractivity (Wildman–Crippen MR) is 78.5 cm³/mol. The van der Waals surface area contributed by atoms with Crippen molar-refractivity contribution in [3.05, 3.63) is 33.4 Å². The Morgan fingerprint density at radius 2 is 1.28 bits per heavy atom. The van der Waals surface area contributed by atoms with Crippen LogP contribution < -0.4 is 0 Å². The van der Waals surface area contributed by atoms with Crippen molar-refractivity contribution in [2.45, 2.75) is 55.4 Å². The molecule has 1 nitrogen and oxygen atoms in total. The largest absolute Gasteiger partial charge is 0.293 e. The third-order valence-electron chi connectivity index (χ3n) is 3.56.